The molecule has 2 fully saturated rings. The highest BCUT2D eigenvalue weighted by Gasteiger charge is 2.26. The normalized spacial score (nSPS) is 21.8. The Bertz CT molecular complexity index is 672. The summed E-state index contributed by atoms with van der Waals surface area (Å²) in [5, 5.41) is 11.4. The van der Waals surface area contributed by atoms with Gasteiger partial charge in [-0.2, -0.15) is 0 Å². The molecular formula is C20H29N3O2. The second-order valence-corrected chi connectivity index (χ2v) is 7.43. The molecule has 1 aliphatic carbocycles. The first-order chi connectivity index (χ1) is 12.3. The fraction of sp³-hybridized carbons (Fsp3) is 0.600. The summed E-state index contributed by atoms with van der Waals surface area (Å²) in [5.41, 5.74) is 1.06. The van der Waals surface area contributed by atoms with Crippen LogP contribution in [0.15, 0.2) is 30.5 Å². The molecule has 2 aromatic rings. The molecule has 1 saturated carbocycles. The van der Waals surface area contributed by atoms with Crippen LogP contribution in [-0.4, -0.2) is 71.4 Å². The Morgan fingerprint density at radius 2 is 1.92 bits per heavy atom. The minimum Gasteiger partial charge on any atom is -0.490 e. The molecule has 5 heteroatoms. The minimum absolute atomic E-state index is 0.340. The highest BCUT2D eigenvalue weighted by Crippen LogP contribution is 2.25. The first-order valence-corrected chi connectivity index (χ1v) is 9.63. The zero-order valence-corrected chi connectivity index (χ0v) is 14.9. The van der Waals surface area contributed by atoms with Crippen LogP contribution in [0.5, 0.6) is 5.75 Å². The van der Waals surface area contributed by atoms with Crippen LogP contribution in [0.25, 0.3) is 10.9 Å². The van der Waals surface area contributed by atoms with E-state index in [1.54, 1.807) is 0 Å². The zero-order valence-electron chi connectivity index (χ0n) is 14.9. The third-order valence-corrected chi connectivity index (χ3v) is 5.70. The number of hydrogen-bond donors (Lipinski definition) is 2. The highest BCUT2D eigenvalue weighted by atomic mass is 16.5. The number of nitrogens with one attached hydrogen (secondary N) is 1. The standard InChI is InChI=1S/C20H29N3O2/c24-17(15-25-20-7-3-6-19-18(20)8-9-21-19)14-22-10-12-23(13-11-22)16-4-1-2-5-16/h3,6-9,16-17,21,24H,1-2,4-5,10-15H2. The number of hydrogen-bond acceptors (Lipinski definition) is 4. The molecule has 2 N–H and O–H groups in total. The fourth-order valence-electron chi connectivity index (χ4n) is 4.30. The van der Waals surface area contributed by atoms with E-state index in [1.165, 1.54) is 25.7 Å². The molecule has 25 heavy (non-hydrogen) atoms. The van der Waals surface area contributed by atoms with Gasteiger partial charge in [0.15, 0.2) is 0 Å². The van der Waals surface area contributed by atoms with Gasteiger partial charge in [0, 0.05) is 55.9 Å². The molecular weight excluding hydrogens is 314 g/mol. The van der Waals surface area contributed by atoms with E-state index < -0.39 is 6.10 Å². The van der Waals surface area contributed by atoms with E-state index in [9.17, 15) is 5.11 Å². The molecule has 2 aliphatic rings. The molecule has 1 aromatic heterocycles. The van der Waals surface area contributed by atoms with Gasteiger partial charge in [0.05, 0.1) is 0 Å². The molecule has 1 unspecified atom stereocenters. The highest BCUT2D eigenvalue weighted by molar-refractivity contribution is 5.85. The van der Waals surface area contributed by atoms with Gasteiger partial charge in [-0.3, -0.25) is 9.80 Å². The lowest BCUT2D eigenvalue weighted by Crippen LogP contribution is -2.51. The van der Waals surface area contributed by atoms with E-state index in [0.29, 0.717) is 13.2 Å². The van der Waals surface area contributed by atoms with Crippen molar-refractivity contribution in [1.29, 1.82) is 0 Å². The smallest absolute Gasteiger partial charge is 0.128 e. The predicted octanol–water partition coefficient (Wildman–Crippen LogP) is 2.47. The van der Waals surface area contributed by atoms with Gasteiger partial charge in [-0.25, -0.2) is 0 Å². The third-order valence-electron chi connectivity index (χ3n) is 5.70. The SMILES string of the molecule is OC(COc1cccc2[nH]ccc12)CN1CCN(C2CCCC2)CC1. The van der Waals surface area contributed by atoms with Crippen LogP contribution in [-0.2, 0) is 0 Å². The van der Waals surface area contributed by atoms with Gasteiger partial charge in [0.25, 0.3) is 0 Å². The van der Waals surface area contributed by atoms with Gasteiger partial charge in [-0.15, -0.1) is 0 Å². The number of H-pyrrole nitrogens is 1. The van der Waals surface area contributed by atoms with Gasteiger partial charge in [0.2, 0.25) is 0 Å². The maximum atomic E-state index is 10.4. The van der Waals surface area contributed by atoms with Gasteiger partial charge in [-0.05, 0) is 31.0 Å². The lowest BCUT2D eigenvalue weighted by atomic mass is 10.1. The molecule has 2 heterocycles. The van der Waals surface area contributed by atoms with Crippen LogP contribution in [0, 0.1) is 0 Å². The van der Waals surface area contributed by atoms with Crippen LogP contribution in [0.4, 0.5) is 0 Å². The first-order valence-electron chi connectivity index (χ1n) is 9.63. The van der Waals surface area contributed by atoms with Crippen molar-refractivity contribution in [3.05, 3.63) is 30.5 Å². The molecule has 136 valence electrons. The largest absolute Gasteiger partial charge is 0.490 e. The second kappa shape index (κ2) is 7.77. The Morgan fingerprint density at radius 1 is 1.12 bits per heavy atom. The van der Waals surface area contributed by atoms with Crippen molar-refractivity contribution in [2.45, 2.75) is 37.8 Å². The van der Waals surface area contributed by atoms with Crippen molar-refractivity contribution in [2.24, 2.45) is 0 Å². The fourth-order valence-corrected chi connectivity index (χ4v) is 4.30. The minimum atomic E-state index is -0.452. The number of aliphatic hydroxyl groups excluding tert-OH is 1. The van der Waals surface area contributed by atoms with E-state index in [2.05, 4.69) is 14.8 Å². The van der Waals surface area contributed by atoms with E-state index in [4.69, 9.17) is 4.74 Å². The van der Waals surface area contributed by atoms with Crippen LogP contribution >= 0.6 is 0 Å². The Labute approximate surface area is 149 Å². The predicted molar refractivity (Wildman–Crippen MR) is 100 cm³/mol. The van der Waals surface area contributed by atoms with Crippen molar-refractivity contribution >= 4 is 10.9 Å². The van der Waals surface area contributed by atoms with E-state index in [-0.39, 0.29) is 0 Å². The summed E-state index contributed by atoms with van der Waals surface area (Å²) in [5.74, 6) is 0.837. The van der Waals surface area contributed by atoms with E-state index in [1.807, 2.05) is 30.5 Å². The van der Waals surface area contributed by atoms with Crippen molar-refractivity contribution in [3.63, 3.8) is 0 Å². The maximum absolute atomic E-state index is 10.4. The lowest BCUT2D eigenvalue weighted by molar-refractivity contribution is 0.0373. The summed E-state index contributed by atoms with van der Waals surface area (Å²) in [6, 6.07) is 8.80. The molecule has 0 bridgehead atoms. The number of β-amino-alcohol motifs (C(OH)–C–C–N with tert-alkyl or cyclic N) is 1. The summed E-state index contributed by atoms with van der Waals surface area (Å²) in [6.45, 7) is 5.43. The molecule has 1 saturated heterocycles. The molecule has 1 atom stereocenters. The molecule has 1 aliphatic heterocycles. The van der Waals surface area contributed by atoms with Gasteiger partial charge in [0.1, 0.15) is 18.5 Å². The second-order valence-electron chi connectivity index (χ2n) is 7.43. The van der Waals surface area contributed by atoms with Crippen molar-refractivity contribution < 1.29 is 9.84 Å². The number of aromatic nitrogens is 1. The quantitative estimate of drug-likeness (QED) is 0.846. The first kappa shape index (κ1) is 16.9. The zero-order chi connectivity index (χ0) is 17.1. The van der Waals surface area contributed by atoms with E-state index >= 15 is 0 Å². The summed E-state index contributed by atoms with van der Waals surface area (Å²) in [7, 11) is 0. The monoisotopic (exact) mass is 343 g/mol. The van der Waals surface area contributed by atoms with Crippen molar-refractivity contribution in [2.75, 3.05) is 39.3 Å². The molecule has 0 radical (unpaired) electrons. The number of rotatable bonds is 6. The molecule has 1 aromatic carbocycles. The summed E-state index contributed by atoms with van der Waals surface area (Å²) in [4.78, 5) is 8.21. The molecule has 5 nitrogen and oxygen atoms in total. The Balaban J connectivity index is 1.23. The maximum Gasteiger partial charge on any atom is 0.128 e. The number of benzene rings is 1. The molecule has 4 rings (SSSR count). The van der Waals surface area contributed by atoms with Gasteiger partial charge >= 0.3 is 0 Å². The Kier molecular flexibility index (Phi) is 5.25. The summed E-state index contributed by atoms with van der Waals surface area (Å²) in [6.07, 6.45) is 7.01. The average Bonchev–Trinajstić information content (AvgIpc) is 3.32. The third kappa shape index (κ3) is 4.00. The van der Waals surface area contributed by atoms with E-state index in [0.717, 1.165) is 48.9 Å². The Morgan fingerprint density at radius 3 is 2.72 bits per heavy atom. The Hall–Kier alpha value is -1.56. The van der Waals surface area contributed by atoms with Crippen LogP contribution in [0.3, 0.4) is 0 Å². The number of nitrogens with zero attached hydrogens (tertiary/aromatic N) is 2. The van der Waals surface area contributed by atoms with Gasteiger partial charge in [-0.1, -0.05) is 18.9 Å². The number of ether oxygens (including phenoxy) is 1. The topological polar surface area (TPSA) is 51.7 Å². The lowest BCUT2D eigenvalue weighted by Gasteiger charge is -2.38. The summed E-state index contributed by atoms with van der Waals surface area (Å²) >= 11 is 0. The van der Waals surface area contributed by atoms with Crippen LogP contribution in [0.2, 0.25) is 0 Å². The number of piperazine rings is 1. The molecule has 0 spiro atoms. The van der Waals surface area contributed by atoms with Gasteiger partial charge < -0.3 is 14.8 Å². The van der Waals surface area contributed by atoms with Crippen molar-refractivity contribution in [3.8, 4) is 5.75 Å². The number of aliphatic hydroxyl groups is 1. The van der Waals surface area contributed by atoms with Crippen molar-refractivity contribution in [1.82, 2.24) is 14.8 Å². The average molecular weight is 343 g/mol. The number of aromatic amines is 1. The number of fused-ring (bicyclic) bond motifs is 1. The van der Waals surface area contributed by atoms with Crippen LogP contribution < -0.4 is 4.74 Å². The molecule has 0 amide bonds. The summed E-state index contributed by atoms with van der Waals surface area (Å²) < 4.78 is 5.88. The van der Waals surface area contributed by atoms with Crippen LogP contribution in [0.1, 0.15) is 25.7 Å².